The Morgan fingerprint density at radius 1 is 0.929 bits per heavy atom. The maximum absolute atomic E-state index is 12.4. The van der Waals surface area contributed by atoms with Crippen LogP contribution in [0.3, 0.4) is 0 Å². The molecular formula is C20H28N4O3S. The standard InChI is InChI=1S/C20H28N4O3S/c1-22(2)18-12-10-16(11-13-18)15-24(5)20(25)21-14-17-8-6-7-9-19(17)28(26,27)23(3)4/h6-13H,14-15H2,1-5H3,(H,21,25). The van der Waals surface area contributed by atoms with Crippen LogP contribution < -0.4 is 10.2 Å². The van der Waals surface area contributed by atoms with Crippen LogP contribution in [0.5, 0.6) is 0 Å². The van der Waals surface area contributed by atoms with Crippen molar-refractivity contribution in [2.45, 2.75) is 18.0 Å². The first kappa shape index (κ1) is 21.7. The molecule has 0 aliphatic rings. The van der Waals surface area contributed by atoms with Gasteiger partial charge in [-0.2, -0.15) is 0 Å². The van der Waals surface area contributed by atoms with Crippen molar-refractivity contribution in [2.75, 3.05) is 40.1 Å². The largest absolute Gasteiger partial charge is 0.378 e. The van der Waals surface area contributed by atoms with E-state index in [9.17, 15) is 13.2 Å². The first-order valence-electron chi connectivity index (χ1n) is 8.88. The first-order valence-corrected chi connectivity index (χ1v) is 10.3. The average molecular weight is 405 g/mol. The number of rotatable bonds is 7. The van der Waals surface area contributed by atoms with Crippen LogP contribution in [0.2, 0.25) is 0 Å². The van der Waals surface area contributed by atoms with E-state index in [1.165, 1.54) is 14.1 Å². The monoisotopic (exact) mass is 404 g/mol. The van der Waals surface area contributed by atoms with Crippen LogP contribution in [0.15, 0.2) is 53.4 Å². The molecule has 0 atom stereocenters. The zero-order chi connectivity index (χ0) is 20.9. The van der Waals surface area contributed by atoms with Gasteiger partial charge in [0.1, 0.15) is 0 Å². The summed E-state index contributed by atoms with van der Waals surface area (Å²) in [6.07, 6.45) is 0. The van der Waals surface area contributed by atoms with Gasteiger partial charge in [-0.15, -0.1) is 0 Å². The fourth-order valence-electron chi connectivity index (χ4n) is 2.65. The third kappa shape index (κ3) is 5.24. The van der Waals surface area contributed by atoms with Crippen molar-refractivity contribution in [2.24, 2.45) is 0 Å². The second-order valence-electron chi connectivity index (χ2n) is 6.97. The van der Waals surface area contributed by atoms with Crippen molar-refractivity contribution >= 4 is 21.7 Å². The van der Waals surface area contributed by atoms with Gasteiger partial charge in [-0.1, -0.05) is 30.3 Å². The summed E-state index contributed by atoms with van der Waals surface area (Å²) in [5.41, 5.74) is 2.65. The fraction of sp³-hybridized carbons (Fsp3) is 0.350. The highest BCUT2D eigenvalue weighted by atomic mass is 32.2. The Labute approximate surface area is 167 Å². The van der Waals surface area contributed by atoms with Gasteiger partial charge in [-0.25, -0.2) is 17.5 Å². The van der Waals surface area contributed by atoms with E-state index in [2.05, 4.69) is 5.32 Å². The number of benzene rings is 2. The molecule has 7 nitrogen and oxygen atoms in total. The normalized spacial score (nSPS) is 11.4. The lowest BCUT2D eigenvalue weighted by Crippen LogP contribution is -2.36. The smallest absolute Gasteiger partial charge is 0.317 e. The number of sulfonamides is 1. The summed E-state index contributed by atoms with van der Waals surface area (Å²) in [5, 5.41) is 2.80. The lowest BCUT2D eigenvalue weighted by atomic mass is 10.2. The summed E-state index contributed by atoms with van der Waals surface area (Å²) < 4.78 is 26.1. The minimum atomic E-state index is -3.57. The van der Waals surface area contributed by atoms with Crippen LogP contribution in [-0.2, 0) is 23.1 Å². The molecule has 0 saturated carbocycles. The zero-order valence-corrected chi connectivity index (χ0v) is 17.8. The van der Waals surface area contributed by atoms with Gasteiger partial charge in [0.05, 0.1) is 4.90 Å². The van der Waals surface area contributed by atoms with E-state index in [1.54, 1.807) is 36.2 Å². The number of hydrogen-bond donors (Lipinski definition) is 1. The Morgan fingerprint density at radius 3 is 2.11 bits per heavy atom. The van der Waals surface area contributed by atoms with Crippen molar-refractivity contribution in [3.05, 3.63) is 59.7 Å². The third-order valence-corrected chi connectivity index (χ3v) is 6.30. The molecule has 2 aromatic carbocycles. The zero-order valence-electron chi connectivity index (χ0n) is 17.0. The van der Waals surface area contributed by atoms with E-state index < -0.39 is 10.0 Å². The maximum Gasteiger partial charge on any atom is 0.317 e. The van der Waals surface area contributed by atoms with Crippen LogP contribution in [0, 0.1) is 0 Å². The average Bonchev–Trinajstić information content (AvgIpc) is 2.66. The highest BCUT2D eigenvalue weighted by Gasteiger charge is 2.21. The SMILES string of the molecule is CN(Cc1ccc(N(C)C)cc1)C(=O)NCc1ccccc1S(=O)(=O)N(C)C. The summed E-state index contributed by atoms with van der Waals surface area (Å²) in [6, 6.07) is 14.4. The number of anilines is 1. The van der Waals surface area contributed by atoms with E-state index in [1.807, 2.05) is 43.3 Å². The molecule has 2 amide bonds. The molecule has 0 bridgehead atoms. The van der Waals surface area contributed by atoms with Crippen LogP contribution in [0.4, 0.5) is 10.5 Å². The Morgan fingerprint density at radius 2 is 1.54 bits per heavy atom. The van der Waals surface area contributed by atoms with E-state index >= 15 is 0 Å². The van der Waals surface area contributed by atoms with E-state index in [4.69, 9.17) is 0 Å². The van der Waals surface area contributed by atoms with Gasteiger partial charge in [0.2, 0.25) is 10.0 Å². The minimum absolute atomic E-state index is 0.131. The summed E-state index contributed by atoms with van der Waals surface area (Å²) in [5.74, 6) is 0. The van der Waals surface area contributed by atoms with Crippen molar-refractivity contribution < 1.29 is 13.2 Å². The van der Waals surface area contributed by atoms with Crippen molar-refractivity contribution in [3.63, 3.8) is 0 Å². The van der Waals surface area contributed by atoms with Gasteiger partial charge in [-0.3, -0.25) is 0 Å². The molecule has 0 unspecified atom stereocenters. The molecule has 0 spiro atoms. The molecule has 2 rings (SSSR count). The third-order valence-electron chi connectivity index (χ3n) is 4.38. The first-order chi connectivity index (χ1) is 13.1. The minimum Gasteiger partial charge on any atom is -0.378 e. The summed E-state index contributed by atoms with van der Waals surface area (Å²) in [7, 11) is 5.06. The van der Waals surface area contributed by atoms with E-state index in [0.717, 1.165) is 15.6 Å². The van der Waals surface area contributed by atoms with Crippen LogP contribution in [0.25, 0.3) is 0 Å². The van der Waals surface area contributed by atoms with Gasteiger partial charge < -0.3 is 15.1 Å². The van der Waals surface area contributed by atoms with Gasteiger partial charge in [0.25, 0.3) is 0 Å². The lowest BCUT2D eigenvalue weighted by molar-refractivity contribution is 0.206. The van der Waals surface area contributed by atoms with Gasteiger partial charge in [0, 0.05) is 54.0 Å². The molecule has 152 valence electrons. The molecule has 0 aliphatic carbocycles. The molecular weight excluding hydrogens is 376 g/mol. The van der Waals surface area contributed by atoms with Crippen LogP contribution >= 0.6 is 0 Å². The second kappa shape index (κ2) is 9.07. The molecule has 0 saturated heterocycles. The van der Waals surface area contributed by atoms with E-state index in [-0.39, 0.29) is 17.5 Å². The van der Waals surface area contributed by atoms with Crippen LogP contribution in [-0.4, -0.2) is 58.9 Å². The Kier molecular flexibility index (Phi) is 7.04. The lowest BCUT2D eigenvalue weighted by Gasteiger charge is -2.20. The molecule has 0 radical (unpaired) electrons. The molecule has 0 heterocycles. The Hall–Kier alpha value is -2.58. The molecule has 2 aromatic rings. The summed E-state index contributed by atoms with van der Waals surface area (Å²) in [6.45, 7) is 0.586. The van der Waals surface area contributed by atoms with Crippen molar-refractivity contribution in [1.29, 1.82) is 0 Å². The summed E-state index contributed by atoms with van der Waals surface area (Å²) in [4.78, 5) is 16.2. The predicted molar refractivity (Wildman–Crippen MR) is 112 cm³/mol. The van der Waals surface area contributed by atoms with Crippen LogP contribution in [0.1, 0.15) is 11.1 Å². The fourth-order valence-corrected chi connectivity index (χ4v) is 3.76. The van der Waals surface area contributed by atoms with Gasteiger partial charge in [0.15, 0.2) is 0 Å². The molecule has 0 aromatic heterocycles. The molecule has 0 aliphatic heterocycles. The number of hydrogen-bond acceptors (Lipinski definition) is 4. The topological polar surface area (TPSA) is 73.0 Å². The maximum atomic E-state index is 12.4. The Bertz CT molecular complexity index is 909. The highest BCUT2D eigenvalue weighted by molar-refractivity contribution is 7.89. The summed E-state index contributed by atoms with van der Waals surface area (Å²) >= 11 is 0. The number of nitrogens with zero attached hydrogens (tertiary/aromatic N) is 3. The Balaban J connectivity index is 2.02. The van der Waals surface area contributed by atoms with Crippen molar-refractivity contribution in [3.8, 4) is 0 Å². The quantitative estimate of drug-likeness (QED) is 0.769. The number of carbonyl (C=O) groups excluding carboxylic acids is 1. The number of amides is 2. The highest BCUT2D eigenvalue weighted by Crippen LogP contribution is 2.18. The predicted octanol–water partition coefficient (Wildman–Crippen LogP) is 2.34. The second-order valence-corrected chi connectivity index (χ2v) is 9.09. The number of carbonyl (C=O) groups is 1. The van der Waals surface area contributed by atoms with E-state index in [0.29, 0.717) is 12.1 Å². The molecule has 8 heteroatoms. The molecule has 1 N–H and O–H groups in total. The van der Waals surface area contributed by atoms with Gasteiger partial charge >= 0.3 is 6.03 Å². The number of urea groups is 1. The number of nitrogens with one attached hydrogen (secondary N) is 1. The van der Waals surface area contributed by atoms with Gasteiger partial charge in [-0.05, 0) is 29.3 Å². The molecule has 0 fully saturated rings. The van der Waals surface area contributed by atoms with Crippen molar-refractivity contribution in [1.82, 2.24) is 14.5 Å². The molecule has 28 heavy (non-hydrogen) atoms.